The Balaban J connectivity index is 2.55. The minimum atomic E-state index is 0.138. The van der Waals surface area contributed by atoms with Crippen molar-refractivity contribution in [3.05, 3.63) is 23.8 Å². The maximum Gasteiger partial charge on any atom is 0.115 e. The third kappa shape index (κ3) is 3.99. The zero-order chi connectivity index (χ0) is 9.90. The topological polar surface area (TPSA) is 37.8 Å². The van der Waals surface area contributed by atoms with E-state index >= 15 is 0 Å². The number of hydrogen-bond acceptors (Lipinski definition) is 3. The van der Waals surface area contributed by atoms with Gasteiger partial charge in [0, 0.05) is 17.8 Å². The largest absolute Gasteiger partial charge is 0.306 e. The summed E-state index contributed by atoms with van der Waals surface area (Å²) in [4.78, 5) is 8.21. The van der Waals surface area contributed by atoms with Gasteiger partial charge in [-0.1, -0.05) is 0 Å². The van der Waals surface area contributed by atoms with Gasteiger partial charge in [-0.15, -0.1) is 0 Å². The van der Waals surface area contributed by atoms with Crippen LogP contribution in [-0.2, 0) is 6.54 Å². The van der Waals surface area contributed by atoms with Crippen LogP contribution in [0.5, 0.6) is 0 Å². The van der Waals surface area contributed by atoms with Gasteiger partial charge < -0.3 is 5.32 Å². The van der Waals surface area contributed by atoms with Crippen molar-refractivity contribution in [3.8, 4) is 0 Å². The first-order valence-corrected chi connectivity index (χ1v) is 4.50. The number of hydrogen-bond donors (Lipinski definition) is 1. The normalized spacial score (nSPS) is 11.7. The van der Waals surface area contributed by atoms with Crippen molar-refractivity contribution < 1.29 is 0 Å². The van der Waals surface area contributed by atoms with Crippen molar-refractivity contribution in [1.29, 1.82) is 0 Å². The van der Waals surface area contributed by atoms with Gasteiger partial charge in [-0.3, -0.25) is 0 Å². The van der Waals surface area contributed by atoms with Crippen LogP contribution in [0.15, 0.2) is 12.4 Å². The molecule has 0 aliphatic heterocycles. The number of rotatable bonds is 2. The molecule has 3 nitrogen and oxygen atoms in total. The Hall–Kier alpha value is -0.960. The van der Waals surface area contributed by atoms with Gasteiger partial charge >= 0.3 is 0 Å². The molecule has 0 aliphatic carbocycles. The summed E-state index contributed by atoms with van der Waals surface area (Å²) in [7, 11) is 0. The monoisotopic (exact) mass is 179 g/mol. The van der Waals surface area contributed by atoms with Crippen LogP contribution < -0.4 is 5.32 Å². The van der Waals surface area contributed by atoms with Crippen LogP contribution in [0.2, 0.25) is 0 Å². The lowest BCUT2D eigenvalue weighted by atomic mass is 10.1. The first-order chi connectivity index (χ1) is 5.97. The van der Waals surface area contributed by atoms with E-state index in [1.807, 2.05) is 13.0 Å². The number of aromatic nitrogens is 2. The molecule has 0 radical (unpaired) electrons. The molecule has 0 atom stereocenters. The molecule has 0 aromatic carbocycles. The van der Waals surface area contributed by atoms with Crippen molar-refractivity contribution in [3.63, 3.8) is 0 Å². The molecular formula is C10H17N3. The van der Waals surface area contributed by atoms with Crippen molar-refractivity contribution in [2.45, 2.75) is 39.8 Å². The third-order valence-electron chi connectivity index (χ3n) is 1.66. The summed E-state index contributed by atoms with van der Waals surface area (Å²) in [5.74, 6) is 0. The van der Waals surface area contributed by atoms with Crippen molar-refractivity contribution in [1.82, 2.24) is 15.3 Å². The highest BCUT2D eigenvalue weighted by molar-refractivity contribution is 5.06. The van der Waals surface area contributed by atoms with Crippen LogP contribution in [0.4, 0.5) is 0 Å². The highest BCUT2D eigenvalue weighted by Gasteiger charge is 2.08. The Labute approximate surface area is 79.6 Å². The molecule has 0 saturated heterocycles. The van der Waals surface area contributed by atoms with E-state index < -0.39 is 0 Å². The Morgan fingerprint density at radius 3 is 2.54 bits per heavy atom. The van der Waals surface area contributed by atoms with Crippen LogP contribution in [0.25, 0.3) is 0 Å². The Bertz CT molecular complexity index is 276. The number of nitrogens with one attached hydrogen (secondary N) is 1. The third-order valence-corrected chi connectivity index (χ3v) is 1.66. The van der Waals surface area contributed by atoms with Gasteiger partial charge in [0.15, 0.2) is 0 Å². The summed E-state index contributed by atoms with van der Waals surface area (Å²) in [6.45, 7) is 9.19. The highest BCUT2D eigenvalue weighted by Crippen LogP contribution is 2.02. The van der Waals surface area contributed by atoms with Gasteiger partial charge in [0.05, 0.1) is 5.69 Å². The van der Waals surface area contributed by atoms with E-state index in [-0.39, 0.29) is 5.54 Å². The summed E-state index contributed by atoms with van der Waals surface area (Å²) in [5, 5.41) is 3.38. The maximum absolute atomic E-state index is 4.17. The molecule has 1 N–H and O–H groups in total. The van der Waals surface area contributed by atoms with Crippen molar-refractivity contribution in [2.75, 3.05) is 0 Å². The van der Waals surface area contributed by atoms with Crippen molar-refractivity contribution >= 4 is 0 Å². The molecule has 0 bridgehead atoms. The molecule has 1 aromatic heterocycles. The molecule has 1 rings (SSSR count). The SMILES string of the molecule is Cc1cc(CNC(C)(C)C)ncn1. The maximum atomic E-state index is 4.17. The fourth-order valence-electron chi connectivity index (χ4n) is 0.962. The quantitative estimate of drug-likeness (QED) is 0.750. The van der Waals surface area contributed by atoms with E-state index in [1.165, 1.54) is 0 Å². The summed E-state index contributed by atoms with van der Waals surface area (Å²) in [6.07, 6.45) is 1.61. The van der Waals surface area contributed by atoms with E-state index in [0.717, 1.165) is 17.9 Å². The van der Waals surface area contributed by atoms with Crippen LogP contribution in [0.1, 0.15) is 32.2 Å². The smallest absolute Gasteiger partial charge is 0.115 e. The second-order valence-electron chi connectivity index (χ2n) is 4.25. The molecule has 0 saturated carbocycles. The first-order valence-electron chi connectivity index (χ1n) is 4.50. The van der Waals surface area contributed by atoms with E-state index in [0.29, 0.717) is 0 Å². The lowest BCUT2D eigenvalue weighted by Gasteiger charge is -2.20. The molecule has 0 aliphatic rings. The molecule has 72 valence electrons. The Morgan fingerprint density at radius 2 is 2.00 bits per heavy atom. The average Bonchev–Trinajstić information content (AvgIpc) is 2.00. The van der Waals surface area contributed by atoms with E-state index in [1.54, 1.807) is 6.33 Å². The number of nitrogens with zero attached hydrogens (tertiary/aromatic N) is 2. The molecular weight excluding hydrogens is 162 g/mol. The molecule has 1 aromatic rings. The van der Waals surface area contributed by atoms with Crippen LogP contribution in [-0.4, -0.2) is 15.5 Å². The minimum absolute atomic E-state index is 0.138. The lowest BCUT2D eigenvalue weighted by Crippen LogP contribution is -2.35. The molecule has 13 heavy (non-hydrogen) atoms. The van der Waals surface area contributed by atoms with Gasteiger partial charge in [-0.25, -0.2) is 9.97 Å². The molecule has 0 unspecified atom stereocenters. The Morgan fingerprint density at radius 1 is 1.31 bits per heavy atom. The average molecular weight is 179 g/mol. The second kappa shape index (κ2) is 3.83. The molecule has 3 heteroatoms. The zero-order valence-corrected chi connectivity index (χ0v) is 8.76. The number of aryl methyl sites for hydroxylation is 1. The molecule has 0 spiro atoms. The first kappa shape index (κ1) is 10.1. The van der Waals surface area contributed by atoms with E-state index in [2.05, 4.69) is 36.1 Å². The van der Waals surface area contributed by atoms with E-state index in [9.17, 15) is 0 Å². The van der Waals surface area contributed by atoms with Crippen LogP contribution in [0.3, 0.4) is 0 Å². The second-order valence-corrected chi connectivity index (χ2v) is 4.25. The zero-order valence-electron chi connectivity index (χ0n) is 8.76. The molecule has 1 heterocycles. The summed E-state index contributed by atoms with van der Waals surface area (Å²) < 4.78 is 0. The van der Waals surface area contributed by atoms with Gasteiger partial charge in [0.2, 0.25) is 0 Å². The van der Waals surface area contributed by atoms with Crippen LogP contribution >= 0.6 is 0 Å². The van der Waals surface area contributed by atoms with Gasteiger partial charge in [0.1, 0.15) is 6.33 Å². The van der Waals surface area contributed by atoms with E-state index in [4.69, 9.17) is 0 Å². The minimum Gasteiger partial charge on any atom is -0.306 e. The standard InChI is InChI=1S/C10H17N3/c1-8-5-9(12-7-11-8)6-13-10(2,3)4/h5,7,13H,6H2,1-4H3. The summed E-state index contributed by atoms with van der Waals surface area (Å²) in [5.41, 5.74) is 2.20. The van der Waals surface area contributed by atoms with Gasteiger partial charge in [-0.2, -0.15) is 0 Å². The van der Waals surface area contributed by atoms with Gasteiger partial charge in [0.25, 0.3) is 0 Å². The Kier molecular flexibility index (Phi) is 2.98. The molecule has 0 fully saturated rings. The highest BCUT2D eigenvalue weighted by atomic mass is 15.0. The fraction of sp³-hybridized carbons (Fsp3) is 0.600. The predicted octanol–water partition coefficient (Wildman–Crippen LogP) is 1.67. The van der Waals surface area contributed by atoms with Crippen LogP contribution in [0, 0.1) is 6.92 Å². The van der Waals surface area contributed by atoms with Gasteiger partial charge in [-0.05, 0) is 33.8 Å². The lowest BCUT2D eigenvalue weighted by molar-refractivity contribution is 0.421. The fourth-order valence-corrected chi connectivity index (χ4v) is 0.962. The summed E-state index contributed by atoms with van der Waals surface area (Å²) in [6, 6.07) is 2.00. The summed E-state index contributed by atoms with van der Waals surface area (Å²) >= 11 is 0. The molecule has 0 amide bonds. The van der Waals surface area contributed by atoms with Crippen molar-refractivity contribution in [2.24, 2.45) is 0 Å². The predicted molar refractivity (Wildman–Crippen MR) is 53.4 cm³/mol.